The summed E-state index contributed by atoms with van der Waals surface area (Å²) in [7, 11) is 0. The summed E-state index contributed by atoms with van der Waals surface area (Å²) in [5.74, 6) is 0.609. The highest BCUT2D eigenvalue weighted by molar-refractivity contribution is 6.29. The molecule has 2 N–H and O–H groups in total. The van der Waals surface area contributed by atoms with Crippen molar-refractivity contribution in [1.82, 2.24) is 9.97 Å². The molecular weight excluding hydrogens is 202 g/mol. The van der Waals surface area contributed by atoms with E-state index in [1.165, 1.54) is 6.20 Å². The van der Waals surface area contributed by atoms with Crippen LogP contribution in [0.1, 0.15) is 19.3 Å². The number of hydrogen-bond acceptors (Lipinski definition) is 4. The Kier molecular flexibility index (Phi) is 2.56. The largest absolute Gasteiger partial charge is 0.388 e. The molecule has 1 fully saturated rings. The lowest BCUT2D eigenvalue weighted by molar-refractivity contribution is -0.0202. The average molecular weight is 214 g/mol. The number of hydrogen-bond donors (Lipinski definition) is 2. The number of anilines is 1. The van der Waals surface area contributed by atoms with Crippen LogP contribution in [0.3, 0.4) is 0 Å². The lowest BCUT2D eigenvalue weighted by atomic mass is 9.80. The Balaban J connectivity index is 1.91. The summed E-state index contributed by atoms with van der Waals surface area (Å²) < 4.78 is 0. The van der Waals surface area contributed by atoms with Gasteiger partial charge in [-0.15, -0.1) is 0 Å². The summed E-state index contributed by atoms with van der Waals surface area (Å²) in [6.45, 7) is 0.516. The Labute approximate surface area is 87.3 Å². The van der Waals surface area contributed by atoms with Crippen LogP contribution in [0.5, 0.6) is 0 Å². The molecule has 0 saturated heterocycles. The molecule has 0 amide bonds. The third-order valence-electron chi connectivity index (χ3n) is 2.49. The van der Waals surface area contributed by atoms with E-state index in [0.29, 0.717) is 17.5 Å². The van der Waals surface area contributed by atoms with E-state index >= 15 is 0 Å². The van der Waals surface area contributed by atoms with Gasteiger partial charge >= 0.3 is 0 Å². The lowest BCUT2D eigenvalue weighted by Crippen LogP contribution is -2.43. The Hall–Kier alpha value is -0.870. The number of aliphatic hydroxyl groups is 1. The molecule has 1 aliphatic carbocycles. The van der Waals surface area contributed by atoms with E-state index in [0.717, 1.165) is 19.3 Å². The van der Waals surface area contributed by atoms with Crippen LogP contribution in [0.2, 0.25) is 5.15 Å². The van der Waals surface area contributed by atoms with Crippen molar-refractivity contribution in [2.24, 2.45) is 0 Å². The SMILES string of the molecule is OC1(CNc2cncc(Cl)n2)CCC1. The fourth-order valence-electron chi connectivity index (χ4n) is 1.44. The maximum Gasteiger partial charge on any atom is 0.149 e. The van der Waals surface area contributed by atoms with Crippen LogP contribution in [0.25, 0.3) is 0 Å². The monoisotopic (exact) mass is 213 g/mol. The molecule has 0 radical (unpaired) electrons. The Morgan fingerprint density at radius 1 is 1.50 bits per heavy atom. The Bertz CT molecular complexity index is 328. The van der Waals surface area contributed by atoms with Gasteiger partial charge in [-0.3, -0.25) is 4.98 Å². The zero-order valence-corrected chi connectivity index (χ0v) is 8.46. The molecule has 1 heterocycles. The molecule has 1 aromatic heterocycles. The third-order valence-corrected chi connectivity index (χ3v) is 2.67. The van der Waals surface area contributed by atoms with E-state index in [4.69, 9.17) is 11.6 Å². The molecule has 76 valence electrons. The number of halogens is 1. The highest BCUT2D eigenvalue weighted by Crippen LogP contribution is 2.31. The molecule has 1 aliphatic rings. The van der Waals surface area contributed by atoms with Crippen molar-refractivity contribution in [1.29, 1.82) is 0 Å². The van der Waals surface area contributed by atoms with Crippen molar-refractivity contribution >= 4 is 17.4 Å². The Morgan fingerprint density at radius 3 is 2.86 bits per heavy atom. The minimum absolute atomic E-state index is 0.357. The summed E-state index contributed by atoms with van der Waals surface area (Å²) in [6.07, 6.45) is 5.88. The molecular formula is C9H12ClN3O. The topological polar surface area (TPSA) is 58.0 Å². The molecule has 0 aromatic carbocycles. The fraction of sp³-hybridized carbons (Fsp3) is 0.556. The van der Waals surface area contributed by atoms with Gasteiger partial charge in [-0.25, -0.2) is 4.98 Å². The predicted octanol–water partition coefficient (Wildman–Crippen LogP) is 1.46. The van der Waals surface area contributed by atoms with Gasteiger partial charge in [0.1, 0.15) is 11.0 Å². The van der Waals surface area contributed by atoms with Crippen LogP contribution >= 0.6 is 11.6 Å². The van der Waals surface area contributed by atoms with Gasteiger partial charge in [0.05, 0.1) is 18.0 Å². The van der Waals surface area contributed by atoms with Crippen molar-refractivity contribution in [3.63, 3.8) is 0 Å². The van der Waals surface area contributed by atoms with Gasteiger partial charge in [0.2, 0.25) is 0 Å². The smallest absolute Gasteiger partial charge is 0.149 e. The van der Waals surface area contributed by atoms with Crippen LogP contribution in [0, 0.1) is 0 Å². The molecule has 0 atom stereocenters. The summed E-state index contributed by atoms with van der Waals surface area (Å²) in [6, 6.07) is 0. The first-order valence-corrected chi connectivity index (χ1v) is 5.00. The van der Waals surface area contributed by atoms with Crippen molar-refractivity contribution in [3.05, 3.63) is 17.5 Å². The van der Waals surface area contributed by atoms with E-state index < -0.39 is 5.60 Å². The molecule has 1 saturated carbocycles. The molecule has 0 aliphatic heterocycles. The maximum atomic E-state index is 9.80. The fourth-order valence-corrected chi connectivity index (χ4v) is 1.59. The van der Waals surface area contributed by atoms with Crippen LogP contribution in [0.15, 0.2) is 12.4 Å². The van der Waals surface area contributed by atoms with E-state index in [1.807, 2.05) is 0 Å². The standard InChI is InChI=1S/C9H12ClN3O/c10-7-4-11-5-8(13-7)12-6-9(14)2-1-3-9/h4-5,14H,1-3,6H2,(H,12,13). The minimum Gasteiger partial charge on any atom is -0.388 e. The second kappa shape index (κ2) is 3.71. The molecule has 0 unspecified atom stereocenters. The van der Waals surface area contributed by atoms with E-state index in [-0.39, 0.29) is 0 Å². The quantitative estimate of drug-likeness (QED) is 0.798. The molecule has 1 aromatic rings. The van der Waals surface area contributed by atoms with Crippen molar-refractivity contribution in [2.45, 2.75) is 24.9 Å². The average Bonchev–Trinajstić information content (AvgIpc) is 2.12. The van der Waals surface area contributed by atoms with Gasteiger partial charge in [-0.1, -0.05) is 11.6 Å². The first-order valence-electron chi connectivity index (χ1n) is 4.62. The van der Waals surface area contributed by atoms with E-state index in [9.17, 15) is 5.11 Å². The zero-order chi connectivity index (χ0) is 10.0. The summed E-state index contributed by atoms with van der Waals surface area (Å²) in [5, 5.41) is 13.2. The molecule has 0 bridgehead atoms. The van der Waals surface area contributed by atoms with Gasteiger partial charge in [0.15, 0.2) is 0 Å². The minimum atomic E-state index is -0.552. The maximum absolute atomic E-state index is 9.80. The molecule has 2 rings (SSSR count). The van der Waals surface area contributed by atoms with Gasteiger partial charge in [0.25, 0.3) is 0 Å². The second-order valence-corrected chi connectivity index (χ2v) is 4.05. The van der Waals surface area contributed by atoms with Crippen molar-refractivity contribution < 1.29 is 5.11 Å². The zero-order valence-electron chi connectivity index (χ0n) is 7.70. The van der Waals surface area contributed by atoms with E-state index in [2.05, 4.69) is 15.3 Å². The molecule has 5 heteroatoms. The Morgan fingerprint density at radius 2 is 2.29 bits per heavy atom. The van der Waals surface area contributed by atoms with Gasteiger partial charge < -0.3 is 10.4 Å². The predicted molar refractivity (Wildman–Crippen MR) is 54.3 cm³/mol. The molecule has 4 nitrogen and oxygen atoms in total. The summed E-state index contributed by atoms with van der Waals surface area (Å²) in [4.78, 5) is 7.91. The van der Waals surface area contributed by atoms with Gasteiger partial charge in [-0.2, -0.15) is 0 Å². The van der Waals surface area contributed by atoms with Crippen molar-refractivity contribution in [2.75, 3.05) is 11.9 Å². The normalized spacial score (nSPS) is 18.7. The van der Waals surface area contributed by atoms with Crippen LogP contribution < -0.4 is 5.32 Å². The summed E-state index contributed by atoms with van der Waals surface area (Å²) in [5.41, 5.74) is -0.552. The number of nitrogens with zero attached hydrogens (tertiary/aromatic N) is 2. The highest BCUT2D eigenvalue weighted by atomic mass is 35.5. The van der Waals surface area contributed by atoms with Gasteiger partial charge in [0, 0.05) is 6.54 Å². The lowest BCUT2D eigenvalue weighted by Gasteiger charge is -2.36. The van der Waals surface area contributed by atoms with E-state index in [1.54, 1.807) is 6.20 Å². The number of aromatic nitrogens is 2. The summed E-state index contributed by atoms with van der Waals surface area (Å²) >= 11 is 5.67. The first kappa shape index (κ1) is 9.68. The van der Waals surface area contributed by atoms with Gasteiger partial charge in [-0.05, 0) is 19.3 Å². The van der Waals surface area contributed by atoms with Crippen LogP contribution in [0.4, 0.5) is 5.82 Å². The molecule has 0 spiro atoms. The highest BCUT2D eigenvalue weighted by Gasteiger charge is 2.33. The van der Waals surface area contributed by atoms with Crippen molar-refractivity contribution in [3.8, 4) is 0 Å². The first-order chi connectivity index (χ1) is 6.68. The van der Waals surface area contributed by atoms with Crippen LogP contribution in [-0.4, -0.2) is 27.2 Å². The third kappa shape index (κ3) is 2.13. The number of nitrogens with one attached hydrogen (secondary N) is 1. The number of rotatable bonds is 3. The van der Waals surface area contributed by atoms with Crippen LogP contribution in [-0.2, 0) is 0 Å². The molecule has 14 heavy (non-hydrogen) atoms. The second-order valence-electron chi connectivity index (χ2n) is 3.66.